The van der Waals surface area contributed by atoms with Crippen molar-refractivity contribution in [1.29, 1.82) is 0 Å². The normalized spacial score (nSPS) is 10.1. The maximum absolute atomic E-state index is 5.59. The number of hydrogen-bond donors (Lipinski definition) is 1. The van der Waals surface area contributed by atoms with Crippen LogP contribution in [0, 0.1) is 0 Å². The monoisotopic (exact) mass is 300 g/mol. The van der Waals surface area contributed by atoms with Crippen molar-refractivity contribution in [1.82, 2.24) is 0 Å². The van der Waals surface area contributed by atoms with Gasteiger partial charge in [0.25, 0.3) is 0 Å². The molecule has 1 aromatic carbocycles. The molecule has 0 bridgehead atoms. The van der Waals surface area contributed by atoms with Gasteiger partial charge >= 0.3 is 93.6 Å². The zero-order valence-electron chi connectivity index (χ0n) is 5.78. The minimum atomic E-state index is -0.793. The zero-order valence-corrected chi connectivity index (χ0v) is 10.7. The maximum atomic E-state index is 5.59. The second kappa shape index (κ2) is 5.11. The molecule has 1 rings (SSSR count). The van der Waals surface area contributed by atoms with Crippen LogP contribution in [0.25, 0.3) is 0 Å². The second-order valence-electron chi connectivity index (χ2n) is 1.94. The van der Waals surface area contributed by atoms with Gasteiger partial charge in [-0.25, -0.2) is 0 Å². The fraction of sp³-hybridized carbons (Fsp3) is 0. The van der Waals surface area contributed by atoms with Gasteiger partial charge in [-0.15, -0.1) is 0 Å². The van der Waals surface area contributed by atoms with Gasteiger partial charge in [0.1, 0.15) is 0 Å². The Balaban J connectivity index is 2.71. The van der Waals surface area contributed by atoms with Gasteiger partial charge in [-0.2, -0.15) is 0 Å². The number of benzene rings is 1. The Morgan fingerprint density at radius 1 is 1.45 bits per heavy atom. The molecule has 53 valence electrons. The van der Waals surface area contributed by atoms with Crippen molar-refractivity contribution < 1.29 is 48.5 Å². The fourth-order valence-corrected chi connectivity index (χ4v) is 2.81. The van der Waals surface area contributed by atoms with E-state index in [0.29, 0.717) is 0 Å². The number of hydrogen-bond acceptors (Lipinski definition) is 3. The van der Waals surface area contributed by atoms with E-state index in [1.54, 1.807) is 0 Å². The Labute approximate surface area is 92.7 Å². The van der Waals surface area contributed by atoms with Gasteiger partial charge in [-0.1, -0.05) is 0 Å². The van der Waals surface area contributed by atoms with Crippen LogP contribution in [0.15, 0.2) is 30.4 Å². The van der Waals surface area contributed by atoms with Crippen molar-refractivity contribution >= 4 is 8.96 Å². The van der Waals surface area contributed by atoms with Crippen molar-refractivity contribution in [3.8, 4) is 0 Å². The quantitative estimate of drug-likeness (QED) is 0.638. The van der Waals surface area contributed by atoms with Gasteiger partial charge in [0.05, 0.1) is 0 Å². The van der Waals surface area contributed by atoms with Crippen LogP contribution < -0.4 is 9.01 Å². The van der Waals surface area contributed by atoms with Gasteiger partial charge < -0.3 is 0 Å². The Morgan fingerprint density at radius 3 is 2.91 bits per heavy atom. The van der Waals surface area contributed by atoms with Crippen molar-refractivity contribution in [2.24, 2.45) is 6.12 Å². The molecule has 0 aliphatic rings. The average molecular weight is 303 g/mol. The molecule has 0 spiro atoms. The van der Waals surface area contributed by atoms with Crippen LogP contribution >= 0.6 is 0 Å². The number of rotatable bonds is 2. The first-order chi connectivity index (χ1) is 5.33. The molecule has 0 amide bonds. The first-order valence-electron chi connectivity index (χ1n) is 3.01. The van der Waals surface area contributed by atoms with Gasteiger partial charge in [-0.05, 0) is 0 Å². The number of anilines is 1. The SMILES string of the molecule is Nc1ccc[c]([Zr][N]=[N][Zr])c1. The molecule has 2 N–H and O–H groups in total. The molecular weight excluding hydrogens is 297 g/mol. The van der Waals surface area contributed by atoms with Gasteiger partial charge in [0.2, 0.25) is 0 Å². The minimum absolute atomic E-state index is 0.793. The summed E-state index contributed by atoms with van der Waals surface area (Å²) in [5.41, 5.74) is 6.41. The first-order valence-corrected chi connectivity index (χ1v) is 6.43. The summed E-state index contributed by atoms with van der Waals surface area (Å²) in [7, 11) is 0. The summed E-state index contributed by atoms with van der Waals surface area (Å²) < 4.78 is 9.15. The molecule has 0 saturated carbocycles. The number of nitrogens with zero attached hydrogens (tertiary/aromatic N) is 2. The standard InChI is InChI=1S/C6H6N.N2.2Zr/c7-6-4-2-1-3-5-6;1-2;;/h1-2,4-5H,7H2;;;/q;-2;2*+1. The van der Waals surface area contributed by atoms with E-state index in [1.165, 1.54) is 3.27 Å². The molecule has 0 fully saturated rings. The third-order valence-electron chi connectivity index (χ3n) is 1.12. The molecule has 0 aliphatic carbocycles. The van der Waals surface area contributed by atoms with Gasteiger partial charge in [0.15, 0.2) is 0 Å². The zero-order chi connectivity index (χ0) is 8.10. The molecular formula is C6H6N3Zr2. The van der Waals surface area contributed by atoms with E-state index in [1.807, 2.05) is 18.2 Å². The Hall–Kier alpha value is 0.386. The fourth-order valence-electron chi connectivity index (χ4n) is 0.691. The Kier molecular flexibility index (Phi) is 4.40. The molecule has 0 atom stereocenters. The molecule has 11 heavy (non-hydrogen) atoms. The summed E-state index contributed by atoms with van der Waals surface area (Å²) in [5, 5.41) is 0. The predicted octanol–water partition coefficient (Wildman–Crippen LogP) is 0.806. The van der Waals surface area contributed by atoms with Crippen molar-refractivity contribution in [2.45, 2.75) is 0 Å². The molecule has 0 unspecified atom stereocenters. The van der Waals surface area contributed by atoms with E-state index in [9.17, 15) is 0 Å². The van der Waals surface area contributed by atoms with Crippen LogP contribution in [0.4, 0.5) is 5.69 Å². The second-order valence-corrected chi connectivity index (χ2v) is 4.89. The number of nitrogens with two attached hydrogens (primary N) is 1. The molecule has 5 heteroatoms. The van der Waals surface area contributed by atoms with E-state index in [-0.39, 0.29) is 0 Å². The molecule has 0 aliphatic heterocycles. The average Bonchev–Trinajstić information content (AvgIpc) is 2.01. The van der Waals surface area contributed by atoms with Crippen molar-refractivity contribution in [3.63, 3.8) is 0 Å². The first kappa shape index (κ1) is 9.47. The Bertz CT molecular complexity index is 262. The summed E-state index contributed by atoms with van der Waals surface area (Å²) in [4.78, 5) is 0. The summed E-state index contributed by atoms with van der Waals surface area (Å²) >= 11 is 0.335. The summed E-state index contributed by atoms with van der Waals surface area (Å²) in [6.07, 6.45) is 0. The summed E-state index contributed by atoms with van der Waals surface area (Å²) in [6, 6.07) is 7.89. The van der Waals surface area contributed by atoms with Crippen LogP contribution in [-0.2, 0) is 48.5 Å². The van der Waals surface area contributed by atoms with Crippen LogP contribution in [-0.4, -0.2) is 0 Å². The molecule has 3 nitrogen and oxygen atoms in total. The van der Waals surface area contributed by atoms with E-state index >= 15 is 0 Å². The van der Waals surface area contributed by atoms with Crippen LogP contribution in [0.5, 0.6) is 0 Å². The van der Waals surface area contributed by atoms with Crippen molar-refractivity contribution in [3.05, 3.63) is 24.3 Å². The van der Waals surface area contributed by atoms with Gasteiger partial charge in [-0.3, -0.25) is 0 Å². The third kappa shape index (κ3) is 3.53. The van der Waals surface area contributed by atoms with E-state index < -0.39 is 23.5 Å². The molecule has 1 aromatic rings. The molecule has 0 saturated heterocycles. The van der Waals surface area contributed by atoms with Crippen LogP contribution in [0.1, 0.15) is 0 Å². The van der Waals surface area contributed by atoms with Crippen LogP contribution in [0.3, 0.4) is 0 Å². The van der Waals surface area contributed by atoms with E-state index in [2.05, 4.69) is 12.2 Å². The van der Waals surface area contributed by atoms with Gasteiger partial charge in [0, 0.05) is 0 Å². The summed E-state index contributed by atoms with van der Waals surface area (Å²) in [6.45, 7) is 0. The topological polar surface area (TPSA) is 50.7 Å². The summed E-state index contributed by atoms with van der Waals surface area (Å²) in [5.74, 6) is 0. The molecule has 0 radical (unpaired) electrons. The molecule has 0 heterocycles. The Morgan fingerprint density at radius 2 is 2.27 bits per heavy atom. The predicted molar refractivity (Wildman–Crippen MR) is 35.3 cm³/mol. The van der Waals surface area contributed by atoms with Crippen LogP contribution in [0.2, 0.25) is 0 Å². The third-order valence-corrected chi connectivity index (χ3v) is 4.46. The number of nitrogen functional groups attached to an aromatic ring is 1. The van der Waals surface area contributed by atoms with Crippen molar-refractivity contribution in [2.75, 3.05) is 5.73 Å². The van der Waals surface area contributed by atoms with E-state index in [0.717, 1.165) is 30.7 Å². The molecule has 0 aromatic heterocycles. The van der Waals surface area contributed by atoms with E-state index in [4.69, 9.17) is 5.73 Å².